The van der Waals surface area contributed by atoms with E-state index >= 15 is 0 Å². The smallest absolute Gasteiger partial charge is 0.341 e. The standard InChI is InChI=1S/C24H25NO7S/c1-3-29-24(28)22-16-7-4-14(2)10-19(16)33-23(22)25-20(26)12-30-21(27)9-6-15-5-8-17-18(11-15)32-13-31-17/h5-6,8-9,11,14H,3-4,7,10,12-13H2,1-2H3,(H,25,26). The van der Waals surface area contributed by atoms with Gasteiger partial charge in [-0.05, 0) is 61.4 Å². The van der Waals surface area contributed by atoms with Crippen LogP contribution in [-0.4, -0.2) is 37.9 Å². The van der Waals surface area contributed by atoms with Gasteiger partial charge in [-0.25, -0.2) is 9.59 Å². The topological polar surface area (TPSA) is 100 Å². The van der Waals surface area contributed by atoms with E-state index in [4.69, 9.17) is 18.9 Å². The number of hydrogen-bond acceptors (Lipinski definition) is 8. The Kier molecular flexibility index (Phi) is 6.98. The van der Waals surface area contributed by atoms with Crippen molar-refractivity contribution in [1.82, 2.24) is 0 Å². The zero-order valence-electron chi connectivity index (χ0n) is 18.5. The molecule has 8 nitrogen and oxygen atoms in total. The second kappa shape index (κ2) is 10.1. The molecule has 1 unspecified atom stereocenters. The highest BCUT2D eigenvalue weighted by molar-refractivity contribution is 7.17. The molecule has 1 amide bonds. The number of carbonyl (C=O) groups is 3. The Hall–Kier alpha value is -3.33. The van der Waals surface area contributed by atoms with Gasteiger partial charge in [0.1, 0.15) is 5.00 Å². The van der Waals surface area contributed by atoms with Crippen molar-refractivity contribution in [1.29, 1.82) is 0 Å². The Labute approximate surface area is 195 Å². The van der Waals surface area contributed by atoms with Crippen LogP contribution in [0.3, 0.4) is 0 Å². The zero-order valence-corrected chi connectivity index (χ0v) is 19.3. The van der Waals surface area contributed by atoms with Gasteiger partial charge in [0.15, 0.2) is 18.1 Å². The molecule has 1 N–H and O–H groups in total. The first-order valence-electron chi connectivity index (χ1n) is 10.8. The summed E-state index contributed by atoms with van der Waals surface area (Å²) in [5.74, 6) is 0.161. The van der Waals surface area contributed by atoms with Crippen molar-refractivity contribution in [3.8, 4) is 11.5 Å². The Balaban J connectivity index is 1.36. The lowest BCUT2D eigenvalue weighted by molar-refractivity contribution is -0.142. The van der Waals surface area contributed by atoms with Crippen molar-refractivity contribution in [2.75, 3.05) is 25.3 Å². The summed E-state index contributed by atoms with van der Waals surface area (Å²) in [5.41, 5.74) is 2.11. The van der Waals surface area contributed by atoms with Crippen LogP contribution < -0.4 is 14.8 Å². The number of benzene rings is 1. The summed E-state index contributed by atoms with van der Waals surface area (Å²) in [6.45, 7) is 3.87. The van der Waals surface area contributed by atoms with Crippen LogP contribution in [0.4, 0.5) is 5.00 Å². The van der Waals surface area contributed by atoms with Crippen LogP contribution in [0.2, 0.25) is 0 Å². The molecular weight excluding hydrogens is 446 g/mol. The third-order valence-corrected chi connectivity index (χ3v) is 6.57. The van der Waals surface area contributed by atoms with Crippen molar-refractivity contribution in [3.05, 3.63) is 45.8 Å². The highest BCUT2D eigenvalue weighted by Crippen LogP contribution is 2.40. The number of esters is 2. The van der Waals surface area contributed by atoms with Crippen molar-refractivity contribution < 1.29 is 33.3 Å². The van der Waals surface area contributed by atoms with Crippen molar-refractivity contribution in [3.63, 3.8) is 0 Å². The molecule has 0 radical (unpaired) electrons. The zero-order chi connectivity index (χ0) is 23.4. The van der Waals surface area contributed by atoms with E-state index in [2.05, 4.69) is 12.2 Å². The number of nitrogens with one attached hydrogen (secondary N) is 1. The Bertz CT molecular complexity index is 1100. The van der Waals surface area contributed by atoms with Crippen molar-refractivity contribution >= 4 is 40.3 Å². The van der Waals surface area contributed by atoms with Crippen molar-refractivity contribution in [2.45, 2.75) is 33.1 Å². The van der Waals surface area contributed by atoms with Gasteiger partial charge in [0.2, 0.25) is 6.79 Å². The molecule has 2 aliphatic rings. The number of thiophene rings is 1. The minimum absolute atomic E-state index is 0.170. The van der Waals surface area contributed by atoms with Gasteiger partial charge in [-0.2, -0.15) is 0 Å². The molecule has 9 heteroatoms. The van der Waals surface area contributed by atoms with Gasteiger partial charge in [-0.3, -0.25) is 4.79 Å². The fraction of sp³-hybridized carbons (Fsp3) is 0.375. The van der Waals surface area contributed by atoms with Crippen LogP contribution >= 0.6 is 11.3 Å². The Morgan fingerprint density at radius 1 is 1.21 bits per heavy atom. The summed E-state index contributed by atoms with van der Waals surface area (Å²) in [5, 5.41) is 3.17. The molecule has 1 atom stereocenters. The van der Waals surface area contributed by atoms with E-state index in [1.807, 2.05) is 0 Å². The van der Waals surface area contributed by atoms with Crippen molar-refractivity contribution in [2.24, 2.45) is 5.92 Å². The number of ether oxygens (including phenoxy) is 4. The van der Waals surface area contributed by atoms with Crippen LogP contribution in [0.1, 0.15) is 46.6 Å². The summed E-state index contributed by atoms with van der Waals surface area (Å²) >= 11 is 1.39. The van der Waals surface area contributed by atoms with Crippen LogP contribution in [0.25, 0.3) is 6.08 Å². The first-order valence-corrected chi connectivity index (χ1v) is 11.6. The van der Waals surface area contributed by atoms with Gasteiger partial charge in [-0.15, -0.1) is 11.3 Å². The van der Waals surface area contributed by atoms with Gasteiger partial charge in [0.05, 0.1) is 12.2 Å². The van der Waals surface area contributed by atoms with E-state index in [0.29, 0.717) is 28.0 Å². The van der Waals surface area contributed by atoms with E-state index < -0.39 is 24.5 Å². The Morgan fingerprint density at radius 2 is 2.03 bits per heavy atom. The summed E-state index contributed by atoms with van der Waals surface area (Å²) in [6, 6.07) is 5.28. The molecule has 0 bridgehead atoms. The van der Waals surface area contributed by atoms with E-state index in [1.54, 1.807) is 31.2 Å². The number of hydrogen-bond donors (Lipinski definition) is 1. The third-order valence-electron chi connectivity index (χ3n) is 5.40. The predicted octanol–water partition coefficient (Wildman–Crippen LogP) is 3.97. The molecule has 174 valence electrons. The molecule has 2 heterocycles. The molecule has 0 fully saturated rings. The average Bonchev–Trinajstić information content (AvgIpc) is 3.39. The normalized spacial score (nSPS) is 16.4. The van der Waals surface area contributed by atoms with Crippen LogP contribution in [0, 0.1) is 5.92 Å². The lowest BCUT2D eigenvalue weighted by atomic mass is 9.88. The molecule has 2 aromatic rings. The van der Waals surface area contributed by atoms with Gasteiger partial charge >= 0.3 is 11.9 Å². The predicted molar refractivity (Wildman–Crippen MR) is 123 cm³/mol. The minimum atomic E-state index is -0.660. The minimum Gasteiger partial charge on any atom is -0.462 e. The van der Waals surface area contributed by atoms with E-state index in [1.165, 1.54) is 17.4 Å². The average molecular weight is 472 g/mol. The number of amides is 1. The quantitative estimate of drug-likeness (QED) is 0.482. The summed E-state index contributed by atoms with van der Waals surface area (Å²) in [4.78, 5) is 38.1. The monoisotopic (exact) mass is 471 g/mol. The molecule has 1 aliphatic heterocycles. The first-order chi connectivity index (χ1) is 15.9. The number of carbonyl (C=O) groups excluding carboxylic acids is 3. The highest BCUT2D eigenvalue weighted by atomic mass is 32.1. The van der Waals surface area contributed by atoms with E-state index in [0.717, 1.165) is 35.3 Å². The molecule has 0 saturated carbocycles. The molecule has 4 rings (SSSR count). The van der Waals surface area contributed by atoms with Gasteiger partial charge in [0.25, 0.3) is 5.91 Å². The van der Waals surface area contributed by atoms with Gasteiger partial charge < -0.3 is 24.3 Å². The summed E-state index contributed by atoms with van der Waals surface area (Å²) in [7, 11) is 0. The second-order valence-electron chi connectivity index (χ2n) is 7.88. The number of anilines is 1. The fourth-order valence-corrected chi connectivity index (χ4v) is 5.20. The van der Waals surface area contributed by atoms with E-state index in [-0.39, 0.29) is 13.4 Å². The SMILES string of the molecule is CCOC(=O)c1c(NC(=O)COC(=O)C=Cc2ccc3c(c2)OCO3)sc2c1CCC(C)C2. The molecule has 1 aromatic heterocycles. The molecule has 0 saturated heterocycles. The Morgan fingerprint density at radius 3 is 2.85 bits per heavy atom. The van der Waals surface area contributed by atoms with Gasteiger partial charge in [-0.1, -0.05) is 13.0 Å². The summed E-state index contributed by atoms with van der Waals surface area (Å²) in [6.07, 6.45) is 5.42. The highest BCUT2D eigenvalue weighted by Gasteiger charge is 2.29. The lowest BCUT2D eigenvalue weighted by Gasteiger charge is -2.18. The van der Waals surface area contributed by atoms with Gasteiger partial charge in [0, 0.05) is 11.0 Å². The molecular formula is C24H25NO7S. The number of rotatable bonds is 7. The van der Waals surface area contributed by atoms with Crippen LogP contribution in [0.5, 0.6) is 11.5 Å². The molecule has 1 aromatic carbocycles. The maximum atomic E-state index is 12.5. The number of fused-ring (bicyclic) bond motifs is 2. The molecule has 0 spiro atoms. The van der Waals surface area contributed by atoms with Crippen LogP contribution in [0.15, 0.2) is 24.3 Å². The second-order valence-corrected chi connectivity index (χ2v) is 8.98. The molecule has 1 aliphatic carbocycles. The lowest BCUT2D eigenvalue weighted by Crippen LogP contribution is -2.21. The maximum Gasteiger partial charge on any atom is 0.341 e. The molecule has 33 heavy (non-hydrogen) atoms. The first kappa shape index (κ1) is 22.8. The van der Waals surface area contributed by atoms with Crippen LogP contribution in [-0.2, 0) is 31.9 Å². The largest absolute Gasteiger partial charge is 0.462 e. The summed E-state index contributed by atoms with van der Waals surface area (Å²) < 4.78 is 20.8. The fourth-order valence-electron chi connectivity index (χ4n) is 3.79. The third kappa shape index (κ3) is 5.36. The van der Waals surface area contributed by atoms with E-state index in [9.17, 15) is 14.4 Å². The maximum absolute atomic E-state index is 12.5.